The summed E-state index contributed by atoms with van der Waals surface area (Å²) >= 11 is 5.58. The number of isocyanates is 1. The molecule has 0 aliphatic rings. The summed E-state index contributed by atoms with van der Waals surface area (Å²) in [5.74, 6) is 0. The van der Waals surface area contributed by atoms with Crippen molar-refractivity contribution in [3.05, 3.63) is 23.2 Å². The van der Waals surface area contributed by atoms with E-state index in [4.69, 9.17) is 16.7 Å². The van der Waals surface area contributed by atoms with Gasteiger partial charge in [-0.05, 0) is 18.2 Å². The second-order valence-corrected chi connectivity index (χ2v) is 4.30. The lowest BCUT2D eigenvalue weighted by Crippen LogP contribution is -2.12. The van der Waals surface area contributed by atoms with Crippen molar-refractivity contribution in [2.24, 2.45) is 10.1 Å². The first-order valence-corrected chi connectivity index (χ1v) is 5.28. The molecule has 1 aromatic carbocycles. The Morgan fingerprint density at radius 3 is 2.57 bits per heavy atom. The molecule has 0 aromatic heterocycles. The minimum Gasteiger partial charge on any atom is -0.225 e. The van der Waals surface area contributed by atoms with Gasteiger partial charge in [-0.15, -0.1) is 0 Å². The zero-order valence-electron chi connectivity index (χ0n) is 6.77. The lowest BCUT2D eigenvalue weighted by Gasteiger charge is -2.01. The lowest BCUT2D eigenvalue weighted by molar-refractivity contribution is 0.565. The van der Waals surface area contributed by atoms with Gasteiger partial charge in [0.15, 0.2) is 0 Å². The van der Waals surface area contributed by atoms with Crippen molar-refractivity contribution >= 4 is 33.4 Å². The van der Waals surface area contributed by atoms with E-state index in [1.54, 1.807) is 0 Å². The molecule has 74 valence electrons. The van der Waals surface area contributed by atoms with Gasteiger partial charge in [0.05, 0.1) is 10.7 Å². The monoisotopic (exact) mass is 232 g/mol. The summed E-state index contributed by atoms with van der Waals surface area (Å²) in [4.78, 5) is 12.9. The first-order chi connectivity index (χ1) is 6.45. The molecule has 0 saturated heterocycles. The molecule has 0 aliphatic carbocycles. The van der Waals surface area contributed by atoms with Crippen molar-refractivity contribution < 1.29 is 13.2 Å². The third-order valence-corrected chi connectivity index (χ3v) is 2.79. The summed E-state index contributed by atoms with van der Waals surface area (Å²) in [6.45, 7) is 0. The Kier molecular flexibility index (Phi) is 3.03. The molecule has 7 heteroatoms. The fourth-order valence-corrected chi connectivity index (χ4v) is 1.90. The van der Waals surface area contributed by atoms with Crippen molar-refractivity contribution in [3.63, 3.8) is 0 Å². The van der Waals surface area contributed by atoms with Gasteiger partial charge >= 0.3 is 0 Å². The number of carbonyl (C=O) groups excluding carboxylic acids is 1. The van der Waals surface area contributed by atoms with Gasteiger partial charge in [-0.25, -0.2) is 18.4 Å². The number of aliphatic imine (C=N–C) groups is 1. The average Bonchev–Trinajstić information content (AvgIpc) is 2.07. The molecule has 5 nitrogen and oxygen atoms in total. The van der Waals surface area contributed by atoms with E-state index in [0.29, 0.717) is 0 Å². The van der Waals surface area contributed by atoms with Gasteiger partial charge < -0.3 is 0 Å². The van der Waals surface area contributed by atoms with E-state index in [2.05, 4.69) is 4.99 Å². The second kappa shape index (κ2) is 3.89. The largest absolute Gasteiger partial charge is 0.240 e. The van der Waals surface area contributed by atoms with Crippen molar-refractivity contribution in [3.8, 4) is 0 Å². The molecule has 0 spiro atoms. The molecule has 0 aliphatic heterocycles. The second-order valence-electron chi connectivity index (χ2n) is 2.36. The van der Waals surface area contributed by atoms with Crippen molar-refractivity contribution in [2.45, 2.75) is 4.90 Å². The van der Waals surface area contributed by atoms with Crippen LogP contribution in [0.25, 0.3) is 0 Å². The zero-order valence-corrected chi connectivity index (χ0v) is 8.34. The van der Waals surface area contributed by atoms with E-state index in [-0.39, 0.29) is 15.6 Å². The Morgan fingerprint density at radius 1 is 1.43 bits per heavy atom. The SMILES string of the molecule is NS(=O)(=O)c1cc(N=C=O)ccc1Cl. The van der Waals surface area contributed by atoms with Crippen LogP contribution in [0.3, 0.4) is 0 Å². The van der Waals surface area contributed by atoms with E-state index in [1.807, 2.05) is 0 Å². The minimum absolute atomic E-state index is 0.0163. The molecule has 1 rings (SSSR count). The number of sulfonamides is 1. The smallest absolute Gasteiger partial charge is 0.225 e. The minimum atomic E-state index is -3.90. The molecule has 2 N–H and O–H groups in total. The third kappa shape index (κ3) is 2.40. The summed E-state index contributed by atoms with van der Waals surface area (Å²) in [6.07, 6.45) is 1.28. The zero-order chi connectivity index (χ0) is 10.8. The van der Waals surface area contributed by atoms with Crippen LogP contribution in [0.5, 0.6) is 0 Å². The fraction of sp³-hybridized carbons (Fsp3) is 0. The highest BCUT2D eigenvalue weighted by atomic mass is 35.5. The van der Waals surface area contributed by atoms with E-state index in [0.717, 1.165) is 6.07 Å². The number of nitrogens with zero attached hydrogens (tertiary/aromatic N) is 1. The van der Waals surface area contributed by atoms with Crippen molar-refractivity contribution in [1.29, 1.82) is 0 Å². The quantitative estimate of drug-likeness (QED) is 0.608. The number of benzene rings is 1. The van der Waals surface area contributed by atoms with Crippen LogP contribution >= 0.6 is 11.6 Å². The van der Waals surface area contributed by atoms with Gasteiger partial charge in [0.1, 0.15) is 4.90 Å². The summed E-state index contributed by atoms with van der Waals surface area (Å²) in [5, 5.41) is 4.85. The highest BCUT2D eigenvalue weighted by Gasteiger charge is 2.13. The van der Waals surface area contributed by atoms with Crippen LogP contribution in [0.4, 0.5) is 5.69 Å². The summed E-state index contributed by atoms with van der Waals surface area (Å²) < 4.78 is 21.9. The molecule has 0 saturated carbocycles. The Balaban J connectivity index is 3.43. The summed E-state index contributed by atoms with van der Waals surface area (Å²) in [5.41, 5.74) is 0.133. The van der Waals surface area contributed by atoms with Gasteiger partial charge in [0, 0.05) is 0 Å². The number of hydrogen-bond donors (Lipinski definition) is 1. The Morgan fingerprint density at radius 2 is 2.07 bits per heavy atom. The lowest BCUT2D eigenvalue weighted by atomic mass is 10.3. The Hall–Kier alpha value is -1.20. The summed E-state index contributed by atoms with van der Waals surface area (Å²) in [7, 11) is -3.90. The first-order valence-electron chi connectivity index (χ1n) is 3.35. The Labute approximate surface area is 85.3 Å². The first kappa shape index (κ1) is 10.9. The van der Waals surface area contributed by atoms with Gasteiger partial charge in [-0.1, -0.05) is 11.6 Å². The van der Waals surface area contributed by atoms with Crippen molar-refractivity contribution in [2.75, 3.05) is 0 Å². The molecule has 0 bridgehead atoms. The van der Waals surface area contributed by atoms with E-state index >= 15 is 0 Å². The predicted molar refractivity (Wildman–Crippen MR) is 50.6 cm³/mol. The van der Waals surface area contributed by atoms with Crippen LogP contribution in [0.1, 0.15) is 0 Å². The molecule has 14 heavy (non-hydrogen) atoms. The normalized spacial score (nSPS) is 10.7. The fourth-order valence-electron chi connectivity index (χ4n) is 0.832. The van der Waals surface area contributed by atoms with Gasteiger partial charge in [-0.2, -0.15) is 4.99 Å². The molecule has 0 fully saturated rings. The number of hydrogen-bond acceptors (Lipinski definition) is 4. The maximum atomic E-state index is 11.0. The Bertz CT molecular complexity index is 506. The number of primary sulfonamides is 1. The van der Waals surface area contributed by atoms with Gasteiger partial charge in [-0.3, -0.25) is 0 Å². The molecular formula is C7H5ClN2O3S. The maximum Gasteiger partial charge on any atom is 0.240 e. The number of rotatable bonds is 2. The van der Waals surface area contributed by atoms with Gasteiger partial charge in [0.2, 0.25) is 16.1 Å². The molecule has 0 heterocycles. The standard InChI is InChI=1S/C7H5ClN2O3S/c8-6-2-1-5(10-4-11)3-7(6)14(9,12)13/h1-3H,(H2,9,12,13). The molecule has 0 amide bonds. The molecule has 1 aromatic rings. The summed E-state index contributed by atoms with van der Waals surface area (Å²) in [6, 6.07) is 3.77. The van der Waals surface area contributed by atoms with Crippen LogP contribution in [0.15, 0.2) is 28.1 Å². The topological polar surface area (TPSA) is 89.6 Å². The average molecular weight is 233 g/mol. The predicted octanol–water partition coefficient (Wildman–Crippen LogP) is 0.955. The maximum absolute atomic E-state index is 11.0. The molecule has 0 atom stereocenters. The van der Waals surface area contributed by atoms with E-state index in [9.17, 15) is 13.2 Å². The highest BCUT2D eigenvalue weighted by Crippen LogP contribution is 2.24. The van der Waals surface area contributed by atoms with E-state index in [1.165, 1.54) is 18.2 Å². The number of nitrogens with two attached hydrogens (primary N) is 1. The molecule has 0 unspecified atom stereocenters. The van der Waals surface area contributed by atoms with Crippen molar-refractivity contribution in [1.82, 2.24) is 0 Å². The number of halogens is 1. The third-order valence-electron chi connectivity index (χ3n) is 1.40. The highest BCUT2D eigenvalue weighted by molar-refractivity contribution is 7.89. The van der Waals surface area contributed by atoms with Crippen LogP contribution in [0, 0.1) is 0 Å². The molecule has 0 radical (unpaired) electrons. The van der Waals surface area contributed by atoms with E-state index < -0.39 is 10.0 Å². The van der Waals surface area contributed by atoms with Crippen LogP contribution in [-0.4, -0.2) is 14.5 Å². The van der Waals surface area contributed by atoms with Crippen LogP contribution < -0.4 is 5.14 Å². The van der Waals surface area contributed by atoms with Gasteiger partial charge in [0.25, 0.3) is 0 Å². The van der Waals surface area contributed by atoms with Crippen LogP contribution in [-0.2, 0) is 14.8 Å². The van der Waals surface area contributed by atoms with Crippen LogP contribution in [0.2, 0.25) is 5.02 Å². The molecular weight excluding hydrogens is 228 g/mol.